The van der Waals surface area contributed by atoms with Gasteiger partial charge in [0.15, 0.2) is 6.10 Å². The van der Waals surface area contributed by atoms with Gasteiger partial charge in [-0.1, -0.05) is 13.8 Å². The molecule has 0 aliphatic heterocycles. The summed E-state index contributed by atoms with van der Waals surface area (Å²) in [5.41, 5.74) is 4.26. The highest BCUT2D eigenvalue weighted by Gasteiger charge is 2.37. The van der Waals surface area contributed by atoms with Crippen molar-refractivity contribution in [2.24, 2.45) is 11.1 Å². The normalized spacial score (nSPS) is 12.8. The van der Waals surface area contributed by atoms with Crippen LogP contribution in [0.4, 0.5) is 0 Å². The zero-order valence-electron chi connectivity index (χ0n) is 9.90. The Labute approximate surface area is 94.1 Å². The van der Waals surface area contributed by atoms with E-state index < -0.39 is 29.4 Å². The maximum atomic E-state index is 11.1. The van der Waals surface area contributed by atoms with Gasteiger partial charge in [-0.05, 0) is 0 Å². The fraction of sp³-hybridized carbons (Fsp3) is 0.700. The molecule has 0 rings (SSSR count). The van der Waals surface area contributed by atoms with Crippen molar-refractivity contribution < 1.29 is 23.9 Å². The molecule has 0 radical (unpaired) electrons. The van der Waals surface area contributed by atoms with Crippen LogP contribution in [0.25, 0.3) is 0 Å². The van der Waals surface area contributed by atoms with Gasteiger partial charge in [0.05, 0.1) is 0 Å². The Hall–Kier alpha value is -1.59. The smallest absolute Gasteiger partial charge is 0.303 e. The van der Waals surface area contributed by atoms with Gasteiger partial charge in [-0.15, -0.1) is 0 Å². The van der Waals surface area contributed by atoms with E-state index in [-0.39, 0.29) is 6.61 Å². The Kier molecular flexibility index (Phi) is 4.94. The van der Waals surface area contributed by atoms with Crippen molar-refractivity contribution in [2.75, 3.05) is 6.61 Å². The molecule has 6 heteroatoms. The lowest BCUT2D eigenvalue weighted by atomic mass is 9.87. The lowest BCUT2D eigenvalue weighted by Crippen LogP contribution is -2.46. The molecule has 0 spiro atoms. The first-order chi connectivity index (χ1) is 7.16. The van der Waals surface area contributed by atoms with Gasteiger partial charge in [-0.3, -0.25) is 14.4 Å². The average Bonchev–Trinajstić information content (AvgIpc) is 2.10. The summed E-state index contributed by atoms with van der Waals surface area (Å²) in [6.07, 6.45) is -1.12. The molecular weight excluding hydrogens is 214 g/mol. The van der Waals surface area contributed by atoms with Crippen LogP contribution in [0.1, 0.15) is 27.7 Å². The maximum absolute atomic E-state index is 11.1. The first kappa shape index (κ1) is 14.4. The van der Waals surface area contributed by atoms with Crippen LogP contribution in [0, 0.1) is 5.41 Å². The lowest BCUT2D eigenvalue weighted by molar-refractivity contribution is -0.165. The summed E-state index contributed by atoms with van der Waals surface area (Å²) in [5.74, 6) is -1.86. The Morgan fingerprint density at radius 3 is 2.00 bits per heavy atom. The van der Waals surface area contributed by atoms with Crippen LogP contribution < -0.4 is 5.73 Å². The number of rotatable bonds is 5. The Balaban J connectivity index is 4.67. The number of nitrogens with two attached hydrogens (primary N) is 1. The molecule has 0 aromatic heterocycles. The zero-order valence-corrected chi connectivity index (χ0v) is 9.90. The number of amides is 1. The van der Waals surface area contributed by atoms with Crippen LogP contribution in [0.2, 0.25) is 0 Å². The molecule has 0 aromatic carbocycles. The van der Waals surface area contributed by atoms with Gasteiger partial charge in [0.2, 0.25) is 0 Å². The quantitative estimate of drug-likeness (QED) is 0.671. The molecule has 2 N–H and O–H groups in total. The van der Waals surface area contributed by atoms with E-state index in [9.17, 15) is 14.4 Å². The first-order valence-electron chi connectivity index (χ1n) is 4.76. The molecule has 0 heterocycles. The molecule has 0 unspecified atom stereocenters. The van der Waals surface area contributed by atoms with E-state index >= 15 is 0 Å². The van der Waals surface area contributed by atoms with Crippen molar-refractivity contribution in [1.82, 2.24) is 0 Å². The molecule has 1 amide bonds. The summed E-state index contributed by atoms with van der Waals surface area (Å²) in [7, 11) is 0. The van der Waals surface area contributed by atoms with E-state index in [0.29, 0.717) is 0 Å². The fourth-order valence-corrected chi connectivity index (χ4v) is 1.13. The molecular formula is C10H17NO5. The molecule has 0 aliphatic carbocycles. The number of carbonyl (C=O) groups excluding carboxylic acids is 3. The molecule has 0 fully saturated rings. The molecule has 0 aromatic rings. The number of carbonyl (C=O) groups is 3. The molecule has 0 saturated carbocycles. The van der Waals surface area contributed by atoms with Crippen LogP contribution >= 0.6 is 0 Å². The highest BCUT2D eigenvalue weighted by Crippen LogP contribution is 2.24. The van der Waals surface area contributed by atoms with Gasteiger partial charge in [-0.2, -0.15) is 0 Å². The van der Waals surface area contributed by atoms with Crippen LogP contribution in [-0.4, -0.2) is 30.6 Å². The molecule has 0 bridgehead atoms. The van der Waals surface area contributed by atoms with Gasteiger partial charge >= 0.3 is 11.9 Å². The second-order valence-corrected chi connectivity index (χ2v) is 4.16. The second kappa shape index (κ2) is 5.48. The SMILES string of the molecule is CC(=O)OCC(C)(C)[C@@H](OC(C)=O)C(N)=O. The minimum Gasteiger partial charge on any atom is -0.465 e. The van der Waals surface area contributed by atoms with E-state index in [0.717, 1.165) is 0 Å². The summed E-state index contributed by atoms with van der Waals surface area (Å²) in [4.78, 5) is 32.6. The average molecular weight is 231 g/mol. The minimum absolute atomic E-state index is 0.0524. The van der Waals surface area contributed by atoms with E-state index in [4.69, 9.17) is 15.2 Å². The van der Waals surface area contributed by atoms with Gasteiger partial charge in [0.25, 0.3) is 5.91 Å². The summed E-state index contributed by atoms with van der Waals surface area (Å²) < 4.78 is 9.59. The summed E-state index contributed by atoms with van der Waals surface area (Å²) in [6, 6.07) is 0. The van der Waals surface area contributed by atoms with Gasteiger partial charge in [0.1, 0.15) is 6.61 Å². The third-order valence-electron chi connectivity index (χ3n) is 1.90. The minimum atomic E-state index is -1.12. The first-order valence-corrected chi connectivity index (χ1v) is 4.76. The van der Waals surface area contributed by atoms with Crippen molar-refractivity contribution >= 4 is 17.8 Å². The van der Waals surface area contributed by atoms with E-state index in [1.165, 1.54) is 13.8 Å². The van der Waals surface area contributed by atoms with Gasteiger partial charge < -0.3 is 15.2 Å². The van der Waals surface area contributed by atoms with Crippen LogP contribution in [0.15, 0.2) is 0 Å². The summed E-state index contributed by atoms with van der Waals surface area (Å²) in [5, 5.41) is 0. The number of hydrogen-bond donors (Lipinski definition) is 1. The van der Waals surface area contributed by atoms with E-state index in [2.05, 4.69) is 0 Å². The molecule has 0 aliphatic rings. The highest BCUT2D eigenvalue weighted by molar-refractivity contribution is 5.82. The summed E-state index contributed by atoms with van der Waals surface area (Å²) in [6.45, 7) is 5.62. The third kappa shape index (κ3) is 4.77. The van der Waals surface area contributed by atoms with Crippen molar-refractivity contribution in [3.8, 4) is 0 Å². The zero-order chi connectivity index (χ0) is 12.9. The van der Waals surface area contributed by atoms with Crippen molar-refractivity contribution in [3.63, 3.8) is 0 Å². The molecule has 1 atom stereocenters. The van der Waals surface area contributed by atoms with Crippen LogP contribution in [-0.2, 0) is 23.9 Å². The van der Waals surface area contributed by atoms with Crippen LogP contribution in [0.5, 0.6) is 0 Å². The van der Waals surface area contributed by atoms with Gasteiger partial charge in [0, 0.05) is 19.3 Å². The Morgan fingerprint density at radius 1 is 1.19 bits per heavy atom. The number of primary amides is 1. The van der Waals surface area contributed by atoms with E-state index in [1.54, 1.807) is 13.8 Å². The predicted molar refractivity (Wildman–Crippen MR) is 55.2 cm³/mol. The number of esters is 2. The largest absolute Gasteiger partial charge is 0.465 e. The van der Waals surface area contributed by atoms with Gasteiger partial charge in [-0.25, -0.2) is 0 Å². The maximum Gasteiger partial charge on any atom is 0.303 e. The van der Waals surface area contributed by atoms with Crippen LogP contribution in [0.3, 0.4) is 0 Å². The monoisotopic (exact) mass is 231 g/mol. The fourth-order valence-electron chi connectivity index (χ4n) is 1.13. The third-order valence-corrected chi connectivity index (χ3v) is 1.90. The summed E-state index contributed by atoms with van der Waals surface area (Å²) >= 11 is 0. The molecule has 16 heavy (non-hydrogen) atoms. The van der Waals surface area contributed by atoms with Crippen molar-refractivity contribution in [1.29, 1.82) is 0 Å². The standard InChI is InChI=1S/C10H17NO5/c1-6(12)15-5-10(3,4)8(9(11)14)16-7(2)13/h8H,5H2,1-4H3,(H2,11,14)/t8-/m0/s1. The lowest BCUT2D eigenvalue weighted by Gasteiger charge is -2.30. The topological polar surface area (TPSA) is 95.7 Å². The van der Waals surface area contributed by atoms with Crippen molar-refractivity contribution in [2.45, 2.75) is 33.8 Å². The van der Waals surface area contributed by atoms with Crippen molar-refractivity contribution in [3.05, 3.63) is 0 Å². The highest BCUT2D eigenvalue weighted by atomic mass is 16.6. The second-order valence-electron chi connectivity index (χ2n) is 4.16. The Bertz CT molecular complexity index is 298. The number of hydrogen-bond acceptors (Lipinski definition) is 5. The molecule has 0 saturated heterocycles. The Morgan fingerprint density at radius 2 is 1.69 bits per heavy atom. The molecule has 92 valence electrons. The number of ether oxygens (including phenoxy) is 2. The van der Waals surface area contributed by atoms with E-state index in [1.807, 2.05) is 0 Å². The molecule has 6 nitrogen and oxygen atoms in total. The predicted octanol–water partition coefficient (Wildman–Crippen LogP) is -0.00730.